The topological polar surface area (TPSA) is 35.8 Å². The minimum Gasteiger partial charge on any atom is -0.377 e. The molecule has 0 amide bonds. The monoisotopic (exact) mass is 352 g/mol. The Hall–Kier alpha value is -1.57. The third kappa shape index (κ3) is 3.30. The van der Waals surface area contributed by atoms with Gasteiger partial charge in [-0.15, -0.1) is 0 Å². The van der Waals surface area contributed by atoms with Crippen LogP contribution in [-0.4, -0.2) is 0 Å². The summed E-state index contributed by atoms with van der Waals surface area (Å²) < 4.78 is 14.3. The van der Waals surface area contributed by atoms with Crippen molar-refractivity contribution in [1.29, 1.82) is 5.26 Å². The van der Waals surface area contributed by atoms with Crippen LogP contribution in [0.4, 0.5) is 10.1 Å². The Kier molecular flexibility index (Phi) is 4.64. The maximum Gasteiger partial charge on any atom is 0.142 e. The normalized spacial score (nSPS) is 11.8. The van der Waals surface area contributed by atoms with E-state index in [2.05, 4.69) is 27.3 Å². The van der Waals surface area contributed by atoms with Gasteiger partial charge >= 0.3 is 0 Å². The second-order valence-corrected chi connectivity index (χ2v) is 5.66. The summed E-state index contributed by atoms with van der Waals surface area (Å²) in [7, 11) is 0. The molecule has 102 valence electrons. The molecule has 0 radical (unpaired) electrons. The van der Waals surface area contributed by atoms with Gasteiger partial charge in [0, 0.05) is 10.5 Å². The number of nitrogens with zero attached hydrogens (tertiary/aromatic N) is 1. The first-order chi connectivity index (χ1) is 9.51. The van der Waals surface area contributed by atoms with E-state index >= 15 is 0 Å². The summed E-state index contributed by atoms with van der Waals surface area (Å²) in [6, 6.07) is 12.0. The van der Waals surface area contributed by atoms with Gasteiger partial charge in [0.1, 0.15) is 11.9 Å². The number of hydrogen-bond acceptors (Lipinski definition) is 2. The predicted octanol–water partition coefficient (Wildman–Crippen LogP) is 5.29. The fourth-order valence-electron chi connectivity index (χ4n) is 1.83. The molecule has 1 N–H and O–H groups in total. The number of rotatable bonds is 3. The van der Waals surface area contributed by atoms with Crippen LogP contribution >= 0.6 is 27.5 Å². The molecule has 0 spiro atoms. The van der Waals surface area contributed by atoms with Crippen LogP contribution in [0.5, 0.6) is 0 Å². The summed E-state index contributed by atoms with van der Waals surface area (Å²) in [5.74, 6) is -0.450. The van der Waals surface area contributed by atoms with E-state index in [1.165, 1.54) is 12.1 Å². The van der Waals surface area contributed by atoms with Crippen molar-refractivity contribution in [1.82, 2.24) is 0 Å². The first kappa shape index (κ1) is 14.8. The Morgan fingerprint density at radius 2 is 2.05 bits per heavy atom. The Labute approximate surface area is 130 Å². The lowest BCUT2D eigenvalue weighted by Gasteiger charge is -2.17. The summed E-state index contributed by atoms with van der Waals surface area (Å²) in [5.41, 5.74) is 2.00. The molecule has 0 heterocycles. The molecule has 2 aromatic carbocycles. The second kappa shape index (κ2) is 6.25. The molecule has 0 fully saturated rings. The third-order valence-corrected chi connectivity index (χ3v) is 3.72. The fourth-order valence-corrected chi connectivity index (χ4v) is 2.31. The van der Waals surface area contributed by atoms with Crippen LogP contribution in [0.15, 0.2) is 40.9 Å². The molecule has 2 nitrogen and oxygen atoms in total. The van der Waals surface area contributed by atoms with E-state index in [-0.39, 0.29) is 11.1 Å². The maximum atomic E-state index is 13.5. The molecule has 0 aromatic heterocycles. The highest BCUT2D eigenvalue weighted by atomic mass is 79.9. The second-order valence-electron chi connectivity index (χ2n) is 4.34. The Balaban J connectivity index is 2.25. The average molecular weight is 354 g/mol. The van der Waals surface area contributed by atoms with Gasteiger partial charge in [0.15, 0.2) is 0 Å². The zero-order valence-electron chi connectivity index (χ0n) is 10.6. The Bertz CT molecular complexity index is 682. The SMILES string of the molecule is CC(Nc1ccc(Br)cc1C#N)c1ccc(Cl)c(F)c1. The van der Waals surface area contributed by atoms with Gasteiger partial charge in [-0.1, -0.05) is 33.6 Å². The minimum atomic E-state index is -0.450. The van der Waals surface area contributed by atoms with E-state index in [9.17, 15) is 4.39 Å². The third-order valence-electron chi connectivity index (χ3n) is 2.92. The van der Waals surface area contributed by atoms with E-state index in [0.717, 1.165) is 10.0 Å². The Morgan fingerprint density at radius 1 is 1.30 bits per heavy atom. The number of nitrogens with one attached hydrogen (secondary N) is 1. The van der Waals surface area contributed by atoms with Crippen LogP contribution in [0.3, 0.4) is 0 Å². The van der Waals surface area contributed by atoms with Crippen molar-refractivity contribution < 1.29 is 4.39 Å². The highest BCUT2D eigenvalue weighted by Gasteiger charge is 2.11. The molecule has 1 atom stereocenters. The van der Waals surface area contributed by atoms with E-state index in [1.54, 1.807) is 12.1 Å². The molecule has 0 aliphatic rings. The van der Waals surface area contributed by atoms with Gasteiger partial charge in [-0.3, -0.25) is 0 Å². The highest BCUT2D eigenvalue weighted by Crippen LogP contribution is 2.26. The molecule has 0 aliphatic heterocycles. The van der Waals surface area contributed by atoms with Crippen molar-refractivity contribution in [3.8, 4) is 6.07 Å². The van der Waals surface area contributed by atoms with Crippen LogP contribution in [0.25, 0.3) is 0 Å². The van der Waals surface area contributed by atoms with Gasteiger partial charge in [-0.25, -0.2) is 4.39 Å². The van der Waals surface area contributed by atoms with Gasteiger partial charge in [0.25, 0.3) is 0 Å². The van der Waals surface area contributed by atoms with Gasteiger partial charge < -0.3 is 5.32 Å². The van der Waals surface area contributed by atoms with Crippen LogP contribution < -0.4 is 5.32 Å². The number of halogens is 3. The smallest absolute Gasteiger partial charge is 0.142 e. The van der Waals surface area contributed by atoms with E-state index in [1.807, 2.05) is 19.1 Å². The molecule has 2 aromatic rings. The number of nitriles is 1. The van der Waals surface area contributed by atoms with Crippen LogP contribution in [0, 0.1) is 17.1 Å². The predicted molar refractivity (Wildman–Crippen MR) is 82.3 cm³/mol. The first-order valence-electron chi connectivity index (χ1n) is 5.92. The van der Waals surface area contributed by atoms with Gasteiger partial charge in [0.05, 0.1) is 16.3 Å². The molecule has 0 saturated carbocycles. The number of anilines is 1. The van der Waals surface area contributed by atoms with Crippen molar-refractivity contribution >= 4 is 33.2 Å². The Morgan fingerprint density at radius 3 is 2.70 bits per heavy atom. The molecule has 20 heavy (non-hydrogen) atoms. The zero-order valence-corrected chi connectivity index (χ0v) is 13.0. The molecule has 1 unspecified atom stereocenters. The maximum absolute atomic E-state index is 13.5. The molecule has 0 aliphatic carbocycles. The van der Waals surface area contributed by atoms with Crippen molar-refractivity contribution in [2.24, 2.45) is 0 Å². The van der Waals surface area contributed by atoms with E-state index < -0.39 is 5.82 Å². The summed E-state index contributed by atoms with van der Waals surface area (Å²) in [5, 5.41) is 12.4. The number of benzene rings is 2. The van der Waals surface area contributed by atoms with Crippen molar-refractivity contribution in [3.05, 3.63) is 62.8 Å². The molecule has 5 heteroatoms. The lowest BCUT2D eigenvalue weighted by atomic mass is 10.1. The quantitative estimate of drug-likeness (QED) is 0.814. The lowest BCUT2D eigenvalue weighted by Crippen LogP contribution is -2.08. The zero-order chi connectivity index (χ0) is 14.7. The summed E-state index contributed by atoms with van der Waals surface area (Å²) >= 11 is 8.99. The largest absolute Gasteiger partial charge is 0.377 e. The molecular weight excluding hydrogens is 343 g/mol. The number of hydrogen-bond donors (Lipinski definition) is 1. The van der Waals surface area contributed by atoms with Crippen molar-refractivity contribution in [2.45, 2.75) is 13.0 Å². The van der Waals surface area contributed by atoms with E-state index in [4.69, 9.17) is 16.9 Å². The van der Waals surface area contributed by atoms with Crippen molar-refractivity contribution in [3.63, 3.8) is 0 Å². The molecule has 0 bridgehead atoms. The highest BCUT2D eigenvalue weighted by molar-refractivity contribution is 9.10. The van der Waals surface area contributed by atoms with Gasteiger partial charge in [0.2, 0.25) is 0 Å². The van der Waals surface area contributed by atoms with Crippen LogP contribution in [0.2, 0.25) is 5.02 Å². The lowest BCUT2D eigenvalue weighted by molar-refractivity contribution is 0.624. The standard InChI is InChI=1S/C15H11BrClFN2/c1-9(10-2-4-13(17)14(18)7-10)20-15-5-3-12(16)6-11(15)8-19/h2-7,9,20H,1H3. The van der Waals surface area contributed by atoms with Crippen LogP contribution in [-0.2, 0) is 0 Å². The summed E-state index contributed by atoms with van der Waals surface area (Å²) in [6.07, 6.45) is 0. The molecular formula is C15H11BrClFN2. The van der Waals surface area contributed by atoms with Crippen molar-refractivity contribution in [2.75, 3.05) is 5.32 Å². The fraction of sp³-hybridized carbons (Fsp3) is 0.133. The molecule has 0 saturated heterocycles. The summed E-state index contributed by atoms with van der Waals surface area (Å²) in [4.78, 5) is 0. The average Bonchev–Trinajstić information content (AvgIpc) is 2.43. The van der Waals surface area contributed by atoms with Crippen LogP contribution in [0.1, 0.15) is 24.1 Å². The van der Waals surface area contributed by atoms with Gasteiger partial charge in [-0.2, -0.15) is 5.26 Å². The van der Waals surface area contributed by atoms with Gasteiger partial charge in [-0.05, 0) is 42.8 Å². The first-order valence-corrected chi connectivity index (χ1v) is 7.09. The van der Waals surface area contributed by atoms with E-state index in [0.29, 0.717) is 11.3 Å². The molecule has 2 rings (SSSR count). The minimum absolute atomic E-state index is 0.0994. The summed E-state index contributed by atoms with van der Waals surface area (Å²) in [6.45, 7) is 1.89.